The zero-order valence-electron chi connectivity index (χ0n) is 10.2. The summed E-state index contributed by atoms with van der Waals surface area (Å²) < 4.78 is 31.5. The first-order valence-corrected chi connectivity index (χ1v) is 7.88. The van der Waals surface area contributed by atoms with Gasteiger partial charge in [0, 0.05) is 13.2 Å². The Morgan fingerprint density at radius 1 is 1.18 bits per heavy atom. The molecular weight excluding hydrogens is 242 g/mol. The van der Waals surface area contributed by atoms with Gasteiger partial charge >= 0.3 is 0 Å². The Kier molecular flexibility index (Phi) is 7.03. The Hall–Kier alpha value is -0.170. The fraction of sp³-hybridized carbons (Fsp3) is 1.00. The number of nitrogens with one attached hydrogen (secondary N) is 1. The second kappa shape index (κ2) is 8.02. The molecule has 0 spiro atoms. The maximum absolute atomic E-state index is 11.9. The van der Waals surface area contributed by atoms with Crippen LogP contribution in [-0.4, -0.2) is 45.1 Å². The number of hydrogen-bond donors (Lipinski definition) is 2. The molecular formula is C11H23NO4S. The molecule has 1 rings (SSSR count). The molecule has 0 unspecified atom stereocenters. The Morgan fingerprint density at radius 3 is 2.53 bits per heavy atom. The smallest absolute Gasteiger partial charge is 0.214 e. The predicted molar refractivity (Wildman–Crippen MR) is 66.3 cm³/mol. The normalized spacial score (nSPS) is 18.4. The Bertz CT molecular complexity index is 286. The summed E-state index contributed by atoms with van der Waals surface area (Å²) in [4.78, 5) is 0. The summed E-state index contributed by atoms with van der Waals surface area (Å²) in [5.41, 5.74) is 0. The summed E-state index contributed by atoms with van der Waals surface area (Å²) in [7, 11) is -3.13. The number of aliphatic hydroxyl groups excluding tert-OH is 1. The van der Waals surface area contributed by atoms with Crippen LogP contribution in [-0.2, 0) is 14.8 Å². The lowest BCUT2D eigenvalue weighted by atomic mass is 10.0. The molecule has 2 N–H and O–H groups in total. The molecule has 102 valence electrons. The third kappa shape index (κ3) is 5.81. The molecule has 0 bridgehead atoms. The van der Waals surface area contributed by atoms with Crippen molar-refractivity contribution < 1.29 is 18.3 Å². The number of sulfonamides is 1. The van der Waals surface area contributed by atoms with Crippen molar-refractivity contribution in [2.75, 3.05) is 26.4 Å². The van der Waals surface area contributed by atoms with Crippen LogP contribution in [0.5, 0.6) is 0 Å². The van der Waals surface area contributed by atoms with Crippen molar-refractivity contribution >= 4 is 10.0 Å². The van der Waals surface area contributed by atoms with Crippen molar-refractivity contribution in [2.45, 2.75) is 43.8 Å². The Morgan fingerprint density at radius 2 is 1.88 bits per heavy atom. The van der Waals surface area contributed by atoms with Crippen LogP contribution in [0.2, 0.25) is 0 Å². The topological polar surface area (TPSA) is 75.6 Å². The molecule has 0 amide bonds. The molecule has 0 atom stereocenters. The van der Waals surface area contributed by atoms with Crippen LogP contribution in [0, 0.1) is 0 Å². The van der Waals surface area contributed by atoms with E-state index in [1.807, 2.05) is 0 Å². The standard InChI is InChI=1S/C11H23NO4S/c13-8-10-16-9-4-7-12-17(14,15)11-5-2-1-3-6-11/h11-13H,1-10H2. The molecule has 1 saturated carbocycles. The van der Waals surface area contributed by atoms with Crippen LogP contribution in [0.25, 0.3) is 0 Å². The van der Waals surface area contributed by atoms with Gasteiger partial charge in [0.15, 0.2) is 0 Å². The van der Waals surface area contributed by atoms with Gasteiger partial charge in [-0.05, 0) is 19.3 Å². The Balaban J connectivity index is 2.15. The lowest BCUT2D eigenvalue weighted by Crippen LogP contribution is -2.36. The van der Waals surface area contributed by atoms with Gasteiger partial charge in [-0.25, -0.2) is 13.1 Å². The largest absolute Gasteiger partial charge is 0.394 e. The third-order valence-corrected chi connectivity index (χ3v) is 4.95. The van der Waals surface area contributed by atoms with Gasteiger partial charge in [-0.2, -0.15) is 0 Å². The van der Waals surface area contributed by atoms with Gasteiger partial charge in [-0.1, -0.05) is 19.3 Å². The molecule has 6 heteroatoms. The number of ether oxygens (including phenoxy) is 1. The third-order valence-electron chi connectivity index (χ3n) is 3.00. The highest BCUT2D eigenvalue weighted by molar-refractivity contribution is 7.90. The molecule has 17 heavy (non-hydrogen) atoms. The molecule has 0 aliphatic heterocycles. The zero-order chi connectivity index (χ0) is 12.6. The maximum Gasteiger partial charge on any atom is 0.214 e. The summed E-state index contributed by atoms with van der Waals surface area (Å²) >= 11 is 0. The summed E-state index contributed by atoms with van der Waals surface area (Å²) in [6, 6.07) is 0. The van der Waals surface area contributed by atoms with Crippen LogP contribution >= 0.6 is 0 Å². The fourth-order valence-corrected chi connectivity index (χ4v) is 3.67. The lowest BCUT2D eigenvalue weighted by Gasteiger charge is -2.21. The van der Waals surface area contributed by atoms with Crippen LogP contribution in [0.3, 0.4) is 0 Å². The minimum Gasteiger partial charge on any atom is -0.394 e. The van der Waals surface area contributed by atoms with Gasteiger partial charge in [0.1, 0.15) is 0 Å². The van der Waals surface area contributed by atoms with Crippen LogP contribution in [0.4, 0.5) is 0 Å². The van der Waals surface area contributed by atoms with Crippen molar-refractivity contribution in [1.29, 1.82) is 0 Å². The number of hydrogen-bond acceptors (Lipinski definition) is 4. The molecule has 0 radical (unpaired) electrons. The first-order valence-electron chi connectivity index (χ1n) is 6.34. The monoisotopic (exact) mass is 265 g/mol. The molecule has 0 saturated heterocycles. The van der Waals surface area contributed by atoms with E-state index >= 15 is 0 Å². The SMILES string of the molecule is O=S(=O)(NCCCOCCO)C1CCCCC1. The van der Waals surface area contributed by atoms with Crippen molar-refractivity contribution in [3.63, 3.8) is 0 Å². The van der Waals surface area contributed by atoms with Gasteiger partial charge in [0.25, 0.3) is 0 Å². The molecule has 0 aromatic rings. The lowest BCUT2D eigenvalue weighted by molar-refractivity contribution is 0.0913. The maximum atomic E-state index is 11.9. The molecule has 0 aromatic carbocycles. The van der Waals surface area contributed by atoms with Crippen molar-refractivity contribution in [3.8, 4) is 0 Å². The molecule has 1 aliphatic carbocycles. The predicted octanol–water partition coefficient (Wildman–Crippen LogP) is 0.637. The number of rotatable bonds is 8. The average Bonchev–Trinajstić information content (AvgIpc) is 2.35. The van der Waals surface area contributed by atoms with Crippen molar-refractivity contribution in [3.05, 3.63) is 0 Å². The van der Waals surface area contributed by atoms with E-state index in [2.05, 4.69) is 4.72 Å². The van der Waals surface area contributed by atoms with Crippen LogP contribution in [0.15, 0.2) is 0 Å². The molecule has 0 heterocycles. The minimum absolute atomic E-state index is 0.00774. The second-order valence-corrected chi connectivity index (χ2v) is 6.43. The van der Waals surface area contributed by atoms with E-state index in [1.165, 1.54) is 0 Å². The summed E-state index contributed by atoms with van der Waals surface area (Å²) in [6.45, 7) is 1.22. The van der Waals surface area contributed by atoms with Gasteiger partial charge in [0.2, 0.25) is 10.0 Å². The summed E-state index contributed by atoms with van der Waals surface area (Å²) in [6.07, 6.45) is 5.41. The van der Waals surface area contributed by atoms with E-state index in [9.17, 15) is 8.42 Å². The van der Waals surface area contributed by atoms with Gasteiger partial charge < -0.3 is 9.84 Å². The second-order valence-electron chi connectivity index (χ2n) is 4.39. The molecule has 0 aromatic heterocycles. The van der Waals surface area contributed by atoms with E-state index in [-0.39, 0.29) is 11.9 Å². The van der Waals surface area contributed by atoms with E-state index < -0.39 is 10.0 Å². The minimum atomic E-state index is -3.13. The quantitative estimate of drug-likeness (QED) is 0.631. The highest BCUT2D eigenvalue weighted by Gasteiger charge is 2.26. The van der Waals surface area contributed by atoms with Crippen molar-refractivity contribution in [2.24, 2.45) is 0 Å². The number of aliphatic hydroxyl groups is 1. The zero-order valence-corrected chi connectivity index (χ0v) is 11.0. The van der Waals surface area contributed by atoms with Gasteiger partial charge in [-0.15, -0.1) is 0 Å². The molecule has 5 nitrogen and oxygen atoms in total. The van der Waals surface area contributed by atoms with Crippen molar-refractivity contribution in [1.82, 2.24) is 4.72 Å². The van der Waals surface area contributed by atoms with Gasteiger partial charge in [0.05, 0.1) is 18.5 Å². The van der Waals surface area contributed by atoms with Crippen LogP contribution < -0.4 is 4.72 Å². The first kappa shape index (κ1) is 14.9. The average molecular weight is 265 g/mol. The summed E-state index contributed by atoms with van der Waals surface area (Å²) in [5, 5.41) is 8.29. The van der Waals surface area contributed by atoms with E-state index in [4.69, 9.17) is 9.84 Å². The van der Waals surface area contributed by atoms with Gasteiger partial charge in [-0.3, -0.25) is 0 Å². The molecule has 1 aliphatic rings. The molecule has 1 fully saturated rings. The Labute approximate surface area is 104 Å². The summed E-state index contributed by atoms with van der Waals surface area (Å²) in [5.74, 6) is 0. The van der Waals surface area contributed by atoms with E-state index in [1.54, 1.807) is 0 Å². The highest BCUT2D eigenvalue weighted by Crippen LogP contribution is 2.22. The van der Waals surface area contributed by atoms with E-state index in [0.29, 0.717) is 26.2 Å². The highest BCUT2D eigenvalue weighted by atomic mass is 32.2. The van der Waals surface area contributed by atoms with E-state index in [0.717, 1.165) is 32.1 Å². The van der Waals surface area contributed by atoms with Crippen LogP contribution in [0.1, 0.15) is 38.5 Å². The first-order chi connectivity index (χ1) is 8.17. The fourth-order valence-electron chi connectivity index (χ4n) is 2.05.